The second-order valence-electron chi connectivity index (χ2n) is 4.62. The lowest BCUT2D eigenvalue weighted by Crippen LogP contribution is -2.15. The zero-order valence-corrected chi connectivity index (χ0v) is 12.1. The van der Waals surface area contributed by atoms with Gasteiger partial charge in [-0.1, -0.05) is 29.8 Å². The standard InChI is InChI=1S/C15H13ClF3N3/c16-11-2-1-3-12(13(11)14(20)21)22-8-9-4-6-10(7-5-9)15(17,18)19/h1-7,22H,8H2,(H3,20,21). The van der Waals surface area contributed by atoms with Crippen molar-refractivity contribution in [3.63, 3.8) is 0 Å². The number of anilines is 1. The first-order valence-electron chi connectivity index (χ1n) is 6.32. The highest BCUT2D eigenvalue weighted by Gasteiger charge is 2.29. The highest BCUT2D eigenvalue weighted by molar-refractivity contribution is 6.34. The molecule has 2 rings (SSSR count). The molecule has 0 atom stereocenters. The van der Waals surface area contributed by atoms with Gasteiger partial charge in [-0.05, 0) is 29.8 Å². The number of alkyl halides is 3. The van der Waals surface area contributed by atoms with Gasteiger partial charge in [0.1, 0.15) is 5.84 Å². The van der Waals surface area contributed by atoms with Crippen molar-refractivity contribution in [2.24, 2.45) is 5.73 Å². The van der Waals surface area contributed by atoms with Gasteiger partial charge < -0.3 is 11.1 Å². The molecule has 3 nitrogen and oxygen atoms in total. The van der Waals surface area contributed by atoms with E-state index in [1.54, 1.807) is 18.2 Å². The normalized spacial score (nSPS) is 11.3. The van der Waals surface area contributed by atoms with E-state index in [-0.39, 0.29) is 5.84 Å². The highest BCUT2D eigenvalue weighted by atomic mass is 35.5. The molecule has 0 bridgehead atoms. The number of nitrogens with one attached hydrogen (secondary N) is 2. The van der Waals surface area contributed by atoms with Gasteiger partial charge in [-0.2, -0.15) is 13.2 Å². The fourth-order valence-corrected chi connectivity index (χ4v) is 2.23. The Morgan fingerprint density at radius 3 is 2.32 bits per heavy atom. The average Bonchev–Trinajstić information content (AvgIpc) is 2.44. The molecule has 0 saturated heterocycles. The van der Waals surface area contributed by atoms with Crippen LogP contribution >= 0.6 is 11.6 Å². The van der Waals surface area contributed by atoms with Gasteiger partial charge in [0.15, 0.2) is 0 Å². The van der Waals surface area contributed by atoms with Crippen LogP contribution in [0.15, 0.2) is 42.5 Å². The van der Waals surface area contributed by atoms with Crippen molar-refractivity contribution in [2.75, 3.05) is 5.32 Å². The van der Waals surface area contributed by atoms with E-state index in [0.717, 1.165) is 12.1 Å². The lowest BCUT2D eigenvalue weighted by atomic mass is 10.1. The summed E-state index contributed by atoms with van der Waals surface area (Å²) in [5.41, 5.74) is 6.39. The Labute approximate surface area is 130 Å². The smallest absolute Gasteiger partial charge is 0.384 e. The van der Waals surface area contributed by atoms with E-state index in [4.69, 9.17) is 22.7 Å². The van der Waals surface area contributed by atoms with Gasteiger partial charge in [0, 0.05) is 12.2 Å². The molecule has 0 aliphatic rings. The Bertz CT molecular complexity index is 681. The molecule has 2 aromatic carbocycles. The Hall–Kier alpha value is -2.21. The monoisotopic (exact) mass is 327 g/mol. The third-order valence-electron chi connectivity index (χ3n) is 3.05. The van der Waals surface area contributed by atoms with Crippen LogP contribution in [-0.2, 0) is 12.7 Å². The molecule has 116 valence electrons. The molecule has 4 N–H and O–H groups in total. The molecule has 0 unspecified atom stereocenters. The Morgan fingerprint density at radius 1 is 1.14 bits per heavy atom. The molecule has 7 heteroatoms. The van der Waals surface area contributed by atoms with E-state index >= 15 is 0 Å². The van der Waals surface area contributed by atoms with Crippen molar-refractivity contribution in [2.45, 2.75) is 12.7 Å². The summed E-state index contributed by atoms with van der Waals surface area (Å²) in [7, 11) is 0. The van der Waals surface area contributed by atoms with Crippen LogP contribution in [-0.4, -0.2) is 5.84 Å². The quantitative estimate of drug-likeness (QED) is 0.580. The molecule has 0 amide bonds. The van der Waals surface area contributed by atoms with Crippen LogP contribution in [0.3, 0.4) is 0 Å². The molecule has 0 aliphatic carbocycles. The summed E-state index contributed by atoms with van der Waals surface area (Å²) in [5.74, 6) is -0.180. The summed E-state index contributed by atoms with van der Waals surface area (Å²) in [5, 5.41) is 10.9. The number of nitrogen functional groups attached to an aromatic ring is 1. The van der Waals surface area contributed by atoms with E-state index in [0.29, 0.717) is 28.4 Å². The van der Waals surface area contributed by atoms with Crippen LogP contribution in [0.2, 0.25) is 5.02 Å². The Balaban J connectivity index is 2.14. The van der Waals surface area contributed by atoms with Crippen molar-refractivity contribution < 1.29 is 13.2 Å². The van der Waals surface area contributed by atoms with Crippen LogP contribution in [0.5, 0.6) is 0 Å². The molecular weight excluding hydrogens is 315 g/mol. The molecule has 0 saturated carbocycles. The zero-order chi connectivity index (χ0) is 16.3. The van der Waals surface area contributed by atoms with Crippen LogP contribution in [0.1, 0.15) is 16.7 Å². The van der Waals surface area contributed by atoms with Crippen molar-refractivity contribution in [1.82, 2.24) is 0 Å². The van der Waals surface area contributed by atoms with Gasteiger partial charge in [0.05, 0.1) is 16.1 Å². The highest BCUT2D eigenvalue weighted by Crippen LogP contribution is 2.29. The van der Waals surface area contributed by atoms with Gasteiger partial charge in [-0.25, -0.2) is 0 Å². The Kier molecular flexibility index (Phi) is 4.61. The van der Waals surface area contributed by atoms with Gasteiger partial charge in [0.2, 0.25) is 0 Å². The summed E-state index contributed by atoms with van der Waals surface area (Å²) >= 11 is 5.99. The predicted octanol–water partition coefficient (Wildman–Crippen LogP) is 4.25. The third kappa shape index (κ3) is 3.71. The third-order valence-corrected chi connectivity index (χ3v) is 3.36. The maximum Gasteiger partial charge on any atom is 0.416 e. The van der Waals surface area contributed by atoms with E-state index in [1.807, 2.05) is 0 Å². The molecule has 2 aromatic rings. The van der Waals surface area contributed by atoms with Gasteiger partial charge in [-0.15, -0.1) is 0 Å². The van der Waals surface area contributed by atoms with Crippen molar-refractivity contribution in [1.29, 1.82) is 5.41 Å². The number of amidine groups is 1. The molecule has 0 aromatic heterocycles. The zero-order valence-electron chi connectivity index (χ0n) is 11.3. The number of nitrogens with two attached hydrogens (primary N) is 1. The topological polar surface area (TPSA) is 61.9 Å². The summed E-state index contributed by atoms with van der Waals surface area (Å²) in [6.07, 6.45) is -4.35. The molecule has 0 aliphatic heterocycles. The average molecular weight is 328 g/mol. The maximum atomic E-state index is 12.5. The van der Waals surface area contributed by atoms with Crippen molar-refractivity contribution >= 4 is 23.1 Å². The maximum absolute atomic E-state index is 12.5. The fraction of sp³-hybridized carbons (Fsp3) is 0.133. The molecule has 0 radical (unpaired) electrons. The lowest BCUT2D eigenvalue weighted by Gasteiger charge is -2.13. The number of halogens is 4. The molecular formula is C15H13ClF3N3. The minimum absolute atomic E-state index is 0.180. The fourth-order valence-electron chi connectivity index (χ4n) is 1.95. The molecule has 0 heterocycles. The van der Waals surface area contributed by atoms with Crippen molar-refractivity contribution in [3.05, 3.63) is 64.2 Å². The number of hydrogen-bond donors (Lipinski definition) is 3. The minimum Gasteiger partial charge on any atom is -0.384 e. The van der Waals surface area contributed by atoms with E-state index in [2.05, 4.69) is 5.32 Å². The van der Waals surface area contributed by atoms with Gasteiger partial charge >= 0.3 is 6.18 Å². The van der Waals surface area contributed by atoms with Gasteiger partial charge in [-0.3, -0.25) is 5.41 Å². The first-order chi connectivity index (χ1) is 10.3. The number of benzene rings is 2. The number of hydrogen-bond acceptors (Lipinski definition) is 2. The lowest BCUT2D eigenvalue weighted by molar-refractivity contribution is -0.137. The summed E-state index contributed by atoms with van der Waals surface area (Å²) < 4.78 is 37.5. The molecule has 0 fully saturated rings. The summed E-state index contributed by atoms with van der Waals surface area (Å²) in [6.45, 7) is 0.290. The Morgan fingerprint density at radius 2 is 1.77 bits per heavy atom. The van der Waals surface area contributed by atoms with E-state index in [1.165, 1.54) is 12.1 Å². The summed E-state index contributed by atoms with van der Waals surface area (Å²) in [6, 6.07) is 9.86. The predicted molar refractivity (Wildman–Crippen MR) is 81.2 cm³/mol. The van der Waals surface area contributed by atoms with E-state index in [9.17, 15) is 13.2 Å². The summed E-state index contributed by atoms with van der Waals surface area (Å²) in [4.78, 5) is 0. The van der Waals surface area contributed by atoms with Crippen LogP contribution < -0.4 is 11.1 Å². The van der Waals surface area contributed by atoms with E-state index < -0.39 is 11.7 Å². The second-order valence-corrected chi connectivity index (χ2v) is 5.03. The first kappa shape index (κ1) is 16.2. The first-order valence-corrected chi connectivity index (χ1v) is 6.70. The van der Waals surface area contributed by atoms with Crippen LogP contribution in [0, 0.1) is 5.41 Å². The SMILES string of the molecule is N=C(N)c1c(Cl)cccc1NCc1ccc(C(F)(F)F)cc1. The van der Waals surface area contributed by atoms with Crippen LogP contribution in [0.4, 0.5) is 18.9 Å². The second kappa shape index (κ2) is 6.27. The van der Waals surface area contributed by atoms with Gasteiger partial charge in [0.25, 0.3) is 0 Å². The largest absolute Gasteiger partial charge is 0.416 e. The number of rotatable bonds is 4. The minimum atomic E-state index is -4.35. The van der Waals surface area contributed by atoms with Crippen molar-refractivity contribution in [3.8, 4) is 0 Å². The molecule has 0 spiro atoms. The molecule has 22 heavy (non-hydrogen) atoms. The van der Waals surface area contributed by atoms with Crippen LogP contribution in [0.25, 0.3) is 0 Å².